The van der Waals surface area contributed by atoms with Gasteiger partial charge in [-0.25, -0.2) is 9.97 Å². The highest BCUT2D eigenvalue weighted by Gasteiger charge is 2.10. The molecule has 0 bridgehead atoms. The number of aliphatic carboxylic acids is 1. The zero-order valence-electron chi connectivity index (χ0n) is 12.5. The Bertz CT molecular complexity index is 453. The van der Waals surface area contributed by atoms with Gasteiger partial charge in [0.15, 0.2) is 0 Å². The van der Waals surface area contributed by atoms with E-state index in [1.807, 2.05) is 6.92 Å². The Kier molecular flexibility index (Phi) is 7.14. The van der Waals surface area contributed by atoms with E-state index in [2.05, 4.69) is 15.3 Å². The summed E-state index contributed by atoms with van der Waals surface area (Å²) in [5.41, 5.74) is 0. The maximum atomic E-state index is 11.8. The van der Waals surface area contributed by atoms with E-state index in [0.717, 1.165) is 6.42 Å². The van der Waals surface area contributed by atoms with Crippen molar-refractivity contribution in [2.75, 3.05) is 25.0 Å². The Morgan fingerprint density at radius 1 is 1.33 bits per heavy atom. The molecule has 0 aliphatic rings. The lowest BCUT2D eigenvalue weighted by molar-refractivity contribution is -0.137. The second-order valence-corrected chi connectivity index (χ2v) is 5.08. The van der Waals surface area contributed by atoms with Crippen molar-refractivity contribution in [2.24, 2.45) is 5.92 Å². The van der Waals surface area contributed by atoms with E-state index in [9.17, 15) is 9.59 Å². The normalized spacial score (nSPS) is 11.7. The van der Waals surface area contributed by atoms with Crippen molar-refractivity contribution in [2.45, 2.75) is 26.2 Å². The van der Waals surface area contributed by atoms with Gasteiger partial charge in [0.2, 0.25) is 11.9 Å². The van der Waals surface area contributed by atoms with Gasteiger partial charge >= 0.3 is 5.97 Å². The maximum absolute atomic E-state index is 11.8. The Labute approximate surface area is 124 Å². The molecule has 1 aromatic rings. The quantitative estimate of drug-likeness (QED) is 0.703. The Balaban J connectivity index is 2.21. The van der Waals surface area contributed by atoms with Crippen LogP contribution in [-0.4, -0.2) is 47.1 Å². The summed E-state index contributed by atoms with van der Waals surface area (Å²) in [5, 5.41) is 11.4. The number of carboxylic acid groups (broad SMARTS) is 1. The molecule has 1 rings (SSSR count). The maximum Gasteiger partial charge on any atom is 0.303 e. The van der Waals surface area contributed by atoms with Crippen LogP contribution >= 0.6 is 0 Å². The number of carbonyl (C=O) groups is 2. The summed E-state index contributed by atoms with van der Waals surface area (Å²) in [6.45, 7) is 2.72. The van der Waals surface area contributed by atoms with Crippen LogP contribution in [0.1, 0.15) is 26.2 Å². The minimum absolute atomic E-state index is 0.101. The SMILES string of the molecule is CC(CCNC(=O)CN(C)c1ncccn1)CCC(=O)O. The standard InChI is InChI=1S/C14H22N4O3/c1-11(4-5-13(20)21)6-9-15-12(19)10-18(2)14-16-7-3-8-17-14/h3,7-8,11H,4-6,9-10H2,1-2H3,(H,15,19)(H,20,21). The number of rotatable bonds is 9. The van der Waals surface area contributed by atoms with Crippen LogP contribution in [0.5, 0.6) is 0 Å². The van der Waals surface area contributed by atoms with Gasteiger partial charge in [-0.05, 0) is 24.8 Å². The minimum atomic E-state index is -0.782. The molecule has 1 unspecified atom stereocenters. The summed E-state index contributed by atoms with van der Waals surface area (Å²) in [6, 6.07) is 1.72. The fourth-order valence-electron chi connectivity index (χ4n) is 1.80. The zero-order valence-corrected chi connectivity index (χ0v) is 12.5. The molecular formula is C14H22N4O3. The van der Waals surface area contributed by atoms with E-state index in [-0.39, 0.29) is 24.8 Å². The van der Waals surface area contributed by atoms with Crippen molar-refractivity contribution in [3.63, 3.8) is 0 Å². The lowest BCUT2D eigenvalue weighted by Crippen LogP contribution is -2.36. The summed E-state index contributed by atoms with van der Waals surface area (Å²) in [6.07, 6.45) is 4.82. The molecule has 1 atom stereocenters. The number of amides is 1. The summed E-state index contributed by atoms with van der Waals surface area (Å²) in [5.74, 6) is -0.107. The summed E-state index contributed by atoms with van der Waals surface area (Å²) < 4.78 is 0. The first-order chi connectivity index (χ1) is 9.99. The number of carbonyl (C=O) groups excluding carboxylic acids is 1. The van der Waals surface area contributed by atoms with Gasteiger partial charge in [0.05, 0.1) is 6.54 Å². The van der Waals surface area contributed by atoms with E-state index >= 15 is 0 Å². The molecule has 1 heterocycles. The fourth-order valence-corrected chi connectivity index (χ4v) is 1.80. The molecule has 0 radical (unpaired) electrons. The van der Waals surface area contributed by atoms with E-state index in [1.54, 1.807) is 30.4 Å². The van der Waals surface area contributed by atoms with E-state index in [4.69, 9.17) is 5.11 Å². The van der Waals surface area contributed by atoms with E-state index < -0.39 is 5.97 Å². The first-order valence-corrected chi connectivity index (χ1v) is 6.95. The van der Waals surface area contributed by atoms with Gasteiger partial charge in [0, 0.05) is 32.4 Å². The van der Waals surface area contributed by atoms with Gasteiger partial charge in [0.25, 0.3) is 0 Å². The second-order valence-electron chi connectivity index (χ2n) is 5.08. The van der Waals surface area contributed by atoms with Crippen molar-refractivity contribution in [3.8, 4) is 0 Å². The predicted octanol–water partition coefficient (Wildman–Crippen LogP) is 0.920. The van der Waals surface area contributed by atoms with Gasteiger partial charge < -0.3 is 15.3 Å². The minimum Gasteiger partial charge on any atom is -0.481 e. The molecule has 0 saturated carbocycles. The smallest absolute Gasteiger partial charge is 0.303 e. The predicted molar refractivity (Wildman–Crippen MR) is 79.0 cm³/mol. The van der Waals surface area contributed by atoms with Crippen molar-refractivity contribution < 1.29 is 14.7 Å². The van der Waals surface area contributed by atoms with Crippen molar-refractivity contribution in [1.82, 2.24) is 15.3 Å². The van der Waals surface area contributed by atoms with E-state index in [0.29, 0.717) is 18.9 Å². The topological polar surface area (TPSA) is 95.4 Å². The number of hydrogen-bond acceptors (Lipinski definition) is 5. The molecule has 0 aliphatic heterocycles. The molecule has 0 aliphatic carbocycles. The lowest BCUT2D eigenvalue weighted by atomic mass is 10.0. The molecule has 21 heavy (non-hydrogen) atoms. The number of nitrogens with zero attached hydrogens (tertiary/aromatic N) is 3. The first kappa shape index (κ1) is 16.9. The average Bonchev–Trinajstić information content (AvgIpc) is 2.46. The van der Waals surface area contributed by atoms with Crippen LogP contribution in [0.3, 0.4) is 0 Å². The highest BCUT2D eigenvalue weighted by molar-refractivity contribution is 5.80. The van der Waals surface area contributed by atoms with Crippen LogP contribution in [0.4, 0.5) is 5.95 Å². The highest BCUT2D eigenvalue weighted by atomic mass is 16.4. The van der Waals surface area contributed by atoms with Crippen LogP contribution in [0.2, 0.25) is 0 Å². The molecule has 0 aromatic carbocycles. The van der Waals surface area contributed by atoms with Crippen LogP contribution in [0.25, 0.3) is 0 Å². The van der Waals surface area contributed by atoms with Crippen LogP contribution in [0.15, 0.2) is 18.5 Å². The summed E-state index contributed by atoms with van der Waals surface area (Å²) >= 11 is 0. The number of likely N-dealkylation sites (N-methyl/N-ethyl adjacent to an activating group) is 1. The molecule has 0 saturated heterocycles. The molecule has 116 valence electrons. The molecular weight excluding hydrogens is 272 g/mol. The fraction of sp³-hybridized carbons (Fsp3) is 0.571. The molecule has 7 heteroatoms. The Morgan fingerprint density at radius 2 is 2.00 bits per heavy atom. The third-order valence-electron chi connectivity index (χ3n) is 3.08. The van der Waals surface area contributed by atoms with Gasteiger partial charge in [-0.3, -0.25) is 9.59 Å². The molecule has 1 aromatic heterocycles. The summed E-state index contributed by atoms with van der Waals surface area (Å²) in [4.78, 5) is 32.0. The van der Waals surface area contributed by atoms with Crippen LogP contribution < -0.4 is 10.2 Å². The number of hydrogen-bond donors (Lipinski definition) is 2. The van der Waals surface area contributed by atoms with Gasteiger partial charge in [-0.1, -0.05) is 6.92 Å². The molecule has 0 fully saturated rings. The van der Waals surface area contributed by atoms with Crippen molar-refractivity contribution in [1.29, 1.82) is 0 Å². The molecule has 2 N–H and O–H groups in total. The second kappa shape index (κ2) is 8.89. The van der Waals surface area contributed by atoms with E-state index in [1.165, 1.54) is 0 Å². The molecule has 1 amide bonds. The Morgan fingerprint density at radius 3 is 2.62 bits per heavy atom. The third kappa shape index (κ3) is 7.24. The monoisotopic (exact) mass is 294 g/mol. The van der Waals surface area contributed by atoms with Crippen molar-refractivity contribution in [3.05, 3.63) is 18.5 Å². The van der Waals surface area contributed by atoms with Crippen LogP contribution in [-0.2, 0) is 9.59 Å². The zero-order chi connectivity index (χ0) is 15.7. The van der Waals surface area contributed by atoms with Gasteiger partial charge in [-0.2, -0.15) is 0 Å². The molecule has 7 nitrogen and oxygen atoms in total. The first-order valence-electron chi connectivity index (χ1n) is 6.95. The number of anilines is 1. The summed E-state index contributed by atoms with van der Waals surface area (Å²) in [7, 11) is 1.75. The third-order valence-corrected chi connectivity index (χ3v) is 3.08. The largest absolute Gasteiger partial charge is 0.481 e. The van der Waals surface area contributed by atoms with Gasteiger partial charge in [-0.15, -0.1) is 0 Å². The lowest BCUT2D eigenvalue weighted by Gasteiger charge is -2.16. The molecule has 0 spiro atoms. The number of carboxylic acids is 1. The van der Waals surface area contributed by atoms with Crippen LogP contribution in [0, 0.1) is 5.92 Å². The Hall–Kier alpha value is -2.18. The highest BCUT2D eigenvalue weighted by Crippen LogP contribution is 2.09. The number of aromatic nitrogens is 2. The van der Waals surface area contributed by atoms with Gasteiger partial charge in [0.1, 0.15) is 0 Å². The number of nitrogens with one attached hydrogen (secondary N) is 1. The average molecular weight is 294 g/mol. The van der Waals surface area contributed by atoms with Crippen molar-refractivity contribution >= 4 is 17.8 Å².